The standard InChI is InChI=1S/C35H36N2O3/c1-2-40-34(39)31-26-37(24-23-36-31)32(38)25-35(29-19-11-5-12-20-29,30-21-13-6-14-22-30)33(27-15-7-3-8-16-27)28-17-9-4-10-18-28/h3-22,31,33,36H,2,23-26H2,1H3. The molecule has 1 aliphatic rings. The molecule has 0 bridgehead atoms. The van der Waals surface area contributed by atoms with Gasteiger partial charge in [-0.05, 0) is 29.2 Å². The number of piperazine rings is 1. The lowest BCUT2D eigenvalue weighted by molar-refractivity contribution is -0.148. The number of carbonyl (C=O) groups excluding carboxylic acids is 2. The topological polar surface area (TPSA) is 58.6 Å². The van der Waals surface area contributed by atoms with Crippen LogP contribution in [0, 0.1) is 0 Å². The highest BCUT2D eigenvalue weighted by Gasteiger charge is 2.46. The van der Waals surface area contributed by atoms with Crippen molar-refractivity contribution in [3.63, 3.8) is 0 Å². The third-order valence-electron chi connectivity index (χ3n) is 7.87. The maximum atomic E-state index is 14.4. The van der Waals surface area contributed by atoms with Crippen molar-refractivity contribution >= 4 is 11.9 Å². The summed E-state index contributed by atoms with van der Waals surface area (Å²) in [5.74, 6) is -0.448. The van der Waals surface area contributed by atoms with E-state index in [1.165, 1.54) is 0 Å². The molecule has 1 atom stereocenters. The van der Waals surface area contributed by atoms with Gasteiger partial charge in [0.25, 0.3) is 0 Å². The summed E-state index contributed by atoms with van der Waals surface area (Å²) in [7, 11) is 0. The Kier molecular flexibility index (Phi) is 8.72. The first-order chi connectivity index (χ1) is 19.6. The summed E-state index contributed by atoms with van der Waals surface area (Å²) in [5, 5.41) is 3.22. The minimum absolute atomic E-state index is 0.0142. The Morgan fingerprint density at radius 2 is 1.27 bits per heavy atom. The van der Waals surface area contributed by atoms with Crippen LogP contribution in [0.4, 0.5) is 0 Å². The number of esters is 1. The van der Waals surface area contributed by atoms with Crippen molar-refractivity contribution in [2.45, 2.75) is 30.7 Å². The number of amides is 1. The number of carbonyl (C=O) groups is 2. The van der Waals surface area contributed by atoms with E-state index in [4.69, 9.17) is 4.74 Å². The molecule has 204 valence electrons. The van der Waals surface area contributed by atoms with Gasteiger partial charge in [-0.25, -0.2) is 0 Å². The van der Waals surface area contributed by atoms with E-state index in [0.717, 1.165) is 22.3 Å². The fourth-order valence-corrected chi connectivity index (χ4v) is 6.06. The highest BCUT2D eigenvalue weighted by Crippen LogP contribution is 2.50. The van der Waals surface area contributed by atoms with E-state index < -0.39 is 11.5 Å². The molecule has 5 rings (SSSR count). The molecule has 0 aliphatic carbocycles. The zero-order valence-electron chi connectivity index (χ0n) is 22.9. The van der Waals surface area contributed by atoms with Crippen LogP contribution in [0.2, 0.25) is 0 Å². The first kappa shape index (κ1) is 27.4. The lowest BCUT2D eigenvalue weighted by atomic mass is 9.59. The summed E-state index contributed by atoms with van der Waals surface area (Å²) in [6.45, 7) is 3.48. The van der Waals surface area contributed by atoms with Crippen LogP contribution in [0.1, 0.15) is 41.5 Å². The van der Waals surface area contributed by atoms with Crippen LogP contribution in [0.15, 0.2) is 121 Å². The molecule has 1 amide bonds. The summed E-state index contributed by atoms with van der Waals surface area (Å²) in [6.07, 6.45) is 0.241. The van der Waals surface area contributed by atoms with Gasteiger partial charge < -0.3 is 15.0 Å². The molecule has 0 aromatic heterocycles. The monoisotopic (exact) mass is 532 g/mol. The molecule has 1 aliphatic heterocycles. The van der Waals surface area contributed by atoms with E-state index in [1.54, 1.807) is 6.92 Å². The molecular formula is C35H36N2O3. The lowest BCUT2D eigenvalue weighted by Crippen LogP contribution is -2.57. The van der Waals surface area contributed by atoms with E-state index in [0.29, 0.717) is 26.2 Å². The fraction of sp³-hybridized carbons (Fsp3) is 0.257. The van der Waals surface area contributed by atoms with E-state index in [2.05, 4.69) is 78.1 Å². The zero-order chi connectivity index (χ0) is 27.8. The van der Waals surface area contributed by atoms with Gasteiger partial charge in [0.05, 0.1) is 6.61 Å². The molecule has 1 fully saturated rings. The molecular weight excluding hydrogens is 496 g/mol. The minimum Gasteiger partial charge on any atom is -0.465 e. The van der Waals surface area contributed by atoms with E-state index >= 15 is 0 Å². The molecule has 1 heterocycles. The first-order valence-corrected chi connectivity index (χ1v) is 14.0. The van der Waals surface area contributed by atoms with Crippen molar-refractivity contribution in [3.05, 3.63) is 144 Å². The summed E-state index contributed by atoms with van der Waals surface area (Å²) >= 11 is 0. The van der Waals surface area contributed by atoms with Gasteiger partial charge in [0.2, 0.25) is 5.91 Å². The van der Waals surface area contributed by atoms with Gasteiger partial charge in [0.15, 0.2) is 0 Å². The second-order valence-corrected chi connectivity index (χ2v) is 10.2. The smallest absolute Gasteiger partial charge is 0.324 e. The summed E-state index contributed by atoms with van der Waals surface area (Å²) in [6, 6.07) is 41.2. The molecule has 0 spiro atoms. The van der Waals surface area contributed by atoms with Crippen molar-refractivity contribution in [1.82, 2.24) is 10.2 Å². The second kappa shape index (κ2) is 12.8. The van der Waals surface area contributed by atoms with Gasteiger partial charge in [-0.2, -0.15) is 0 Å². The maximum Gasteiger partial charge on any atom is 0.324 e. The van der Waals surface area contributed by atoms with Crippen molar-refractivity contribution in [3.8, 4) is 0 Å². The Morgan fingerprint density at radius 1 is 0.800 bits per heavy atom. The highest BCUT2D eigenvalue weighted by molar-refractivity contribution is 5.82. The predicted molar refractivity (Wildman–Crippen MR) is 158 cm³/mol. The Balaban J connectivity index is 1.68. The van der Waals surface area contributed by atoms with Gasteiger partial charge in [-0.15, -0.1) is 0 Å². The largest absolute Gasteiger partial charge is 0.465 e. The minimum atomic E-state index is -0.716. The zero-order valence-corrected chi connectivity index (χ0v) is 22.9. The van der Waals surface area contributed by atoms with E-state index in [9.17, 15) is 9.59 Å². The number of nitrogens with zero attached hydrogens (tertiary/aromatic N) is 1. The summed E-state index contributed by atoms with van der Waals surface area (Å²) in [4.78, 5) is 28.8. The Morgan fingerprint density at radius 3 is 1.75 bits per heavy atom. The quantitative estimate of drug-likeness (QED) is 0.287. The van der Waals surface area contributed by atoms with Gasteiger partial charge in [-0.1, -0.05) is 121 Å². The van der Waals surface area contributed by atoms with Crippen LogP contribution in [0.3, 0.4) is 0 Å². The molecule has 1 unspecified atom stereocenters. The molecule has 5 heteroatoms. The Hall–Kier alpha value is -4.22. The fourth-order valence-electron chi connectivity index (χ4n) is 6.06. The third kappa shape index (κ3) is 5.70. The van der Waals surface area contributed by atoms with Crippen molar-refractivity contribution < 1.29 is 14.3 Å². The molecule has 0 saturated carbocycles. The number of hydrogen-bond acceptors (Lipinski definition) is 4. The van der Waals surface area contributed by atoms with Crippen LogP contribution < -0.4 is 5.32 Å². The molecule has 1 saturated heterocycles. The number of nitrogens with one attached hydrogen (secondary N) is 1. The van der Waals surface area contributed by atoms with Crippen molar-refractivity contribution in [2.75, 3.05) is 26.2 Å². The Bertz CT molecular complexity index is 1300. The van der Waals surface area contributed by atoms with Gasteiger partial charge >= 0.3 is 5.97 Å². The normalized spacial score (nSPS) is 15.6. The highest BCUT2D eigenvalue weighted by atomic mass is 16.5. The van der Waals surface area contributed by atoms with E-state index in [1.807, 2.05) is 53.4 Å². The number of benzene rings is 4. The summed E-state index contributed by atoms with van der Waals surface area (Å²) in [5.41, 5.74) is 3.71. The summed E-state index contributed by atoms with van der Waals surface area (Å²) < 4.78 is 5.26. The van der Waals surface area contributed by atoms with Crippen molar-refractivity contribution in [2.24, 2.45) is 0 Å². The molecule has 1 N–H and O–H groups in total. The maximum absolute atomic E-state index is 14.4. The van der Waals surface area contributed by atoms with Crippen LogP contribution in [-0.2, 0) is 19.7 Å². The van der Waals surface area contributed by atoms with Crippen LogP contribution in [-0.4, -0.2) is 49.1 Å². The van der Waals surface area contributed by atoms with Gasteiger partial charge in [0.1, 0.15) is 6.04 Å². The SMILES string of the molecule is CCOC(=O)C1CN(C(=O)CC(c2ccccc2)(c2ccccc2)C(c2ccccc2)c2ccccc2)CCN1. The van der Waals surface area contributed by atoms with E-state index in [-0.39, 0.29) is 24.2 Å². The van der Waals surface area contributed by atoms with Gasteiger partial charge in [0, 0.05) is 37.4 Å². The van der Waals surface area contributed by atoms with Gasteiger partial charge in [-0.3, -0.25) is 9.59 Å². The average Bonchev–Trinajstić information content (AvgIpc) is 3.02. The molecule has 4 aromatic carbocycles. The molecule has 40 heavy (non-hydrogen) atoms. The van der Waals surface area contributed by atoms with Crippen molar-refractivity contribution in [1.29, 1.82) is 0 Å². The number of ether oxygens (including phenoxy) is 1. The molecule has 5 nitrogen and oxygen atoms in total. The third-order valence-corrected chi connectivity index (χ3v) is 7.87. The number of hydrogen-bond donors (Lipinski definition) is 1. The second-order valence-electron chi connectivity index (χ2n) is 10.2. The van der Waals surface area contributed by atoms with Crippen LogP contribution >= 0.6 is 0 Å². The molecule has 0 radical (unpaired) electrons. The lowest BCUT2D eigenvalue weighted by Gasteiger charge is -2.44. The Labute approximate surface area is 236 Å². The predicted octanol–water partition coefficient (Wildman–Crippen LogP) is 5.56. The first-order valence-electron chi connectivity index (χ1n) is 14.0. The number of rotatable bonds is 9. The average molecular weight is 533 g/mol. The van der Waals surface area contributed by atoms with Crippen LogP contribution in [0.25, 0.3) is 0 Å². The molecule has 4 aromatic rings. The van der Waals surface area contributed by atoms with Crippen LogP contribution in [0.5, 0.6) is 0 Å².